The maximum absolute atomic E-state index is 10.5. The van der Waals surface area contributed by atoms with Crippen LogP contribution in [0.5, 0.6) is 0 Å². The zero-order valence-corrected chi connectivity index (χ0v) is 9.00. The Morgan fingerprint density at radius 3 is 2.71 bits per heavy atom. The Morgan fingerprint density at radius 2 is 2.07 bits per heavy atom. The number of esters is 1. The smallest absolute Gasteiger partial charge is 0.309 e. The summed E-state index contributed by atoms with van der Waals surface area (Å²) in [4.78, 5) is 10.5. The van der Waals surface area contributed by atoms with E-state index in [4.69, 9.17) is 4.74 Å². The second kappa shape index (κ2) is 6.63. The van der Waals surface area contributed by atoms with Crippen molar-refractivity contribution >= 4 is 5.97 Å². The molecule has 0 radical (unpaired) electrons. The second-order valence-corrected chi connectivity index (χ2v) is 3.86. The van der Waals surface area contributed by atoms with Gasteiger partial charge in [-0.1, -0.05) is 31.9 Å². The molecule has 0 amide bonds. The van der Waals surface area contributed by atoms with Crippen LogP contribution in [-0.2, 0) is 9.53 Å². The van der Waals surface area contributed by atoms with Crippen molar-refractivity contribution in [2.75, 3.05) is 0 Å². The quantitative estimate of drug-likeness (QED) is 0.355. The minimum Gasteiger partial charge on any atom is -0.462 e. The lowest BCUT2D eigenvalue weighted by atomic mass is 10.1. The molecule has 1 fully saturated rings. The van der Waals surface area contributed by atoms with E-state index in [0.29, 0.717) is 6.42 Å². The van der Waals surface area contributed by atoms with Crippen molar-refractivity contribution in [3.8, 4) is 0 Å². The van der Waals surface area contributed by atoms with Crippen LogP contribution in [0.3, 0.4) is 0 Å². The van der Waals surface area contributed by atoms with Crippen LogP contribution >= 0.6 is 0 Å². The molecule has 1 rings (SSSR count). The molecule has 2 heteroatoms. The number of carbonyl (C=O) groups is 1. The van der Waals surface area contributed by atoms with Gasteiger partial charge >= 0.3 is 5.97 Å². The monoisotopic (exact) mass is 196 g/mol. The molecule has 0 aromatic carbocycles. The van der Waals surface area contributed by atoms with Crippen molar-refractivity contribution < 1.29 is 9.53 Å². The van der Waals surface area contributed by atoms with Gasteiger partial charge in [0.2, 0.25) is 0 Å². The third-order valence-electron chi connectivity index (χ3n) is 2.49. The predicted molar refractivity (Wildman–Crippen MR) is 57.0 cm³/mol. The number of hydrogen-bond donors (Lipinski definition) is 0. The highest BCUT2D eigenvalue weighted by molar-refractivity contribution is 5.75. The summed E-state index contributed by atoms with van der Waals surface area (Å²) in [5.74, 6) is -0.0399. The standard InChI is InChI=1S/C12H20O2/c1-2-3-4-5-6-7-8-9-11-10-12(13)14-11/h6-7,11H,2-5,8-10H2,1H3/b7-6+. The summed E-state index contributed by atoms with van der Waals surface area (Å²) >= 11 is 0. The Bertz CT molecular complexity index is 188. The molecule has 1 atom stereocenters. The van der Waals surface area contributed by atoms with Gasteiger partial charge in [0.15, 0.2) is 0 Å². The Hall–Kier alpha value is -0.790. The van der Waals surface area contributed by atoms with Gasteiger partial charge in [-0.15, -0.1) is 0 Å². The lowest BCUT2D eigenvalue weighted by molar-refractivity contribution is -0.169. The number of cyclic esters (lactones) is 1. The summed E-state index contributed by atoms with van der Waals surface area (Å²) in [6.45, 7) is 2.22. The summed E-state index contributed by atoms with van der Waals surface area (Å²) in [5, 5.41) is 0. The average Bonchev–Trinajstić information content (AvgIpc) is 2.13. The maximum atomic E-state index is 10.5. The van der Waals surface area contributed by atoms with E-state index in [9.17, 15) is 4.79 Å². The van der Waals surface area contributed by atoms with Crippen molar-refractivity contribution in [1.82, 2.24) is 0 Å². The summed E-state index contributed by atoms with van der Waals surface area (Å²) in [7, 11) is 0. The molecule has 14 heavy (non-hydrogen) atoms. The highest BCUT2D eigenvalue weighted by atomic mass is 16.6. The molecule has 0 bridgehead atoms. The van der Waals surface area contributed by atoms with Crippen LogP contribution in [0, 0.1) is 0 Å². The number of carbonyl (C=O) groups excluding carboxylic acids is 1. The van der Waals surface area contributed by atoms with Crippen LogP contribution in [-0.4, -0.2) is 12.1 Å². The van der Waals surface area contributed by atoms with Crippen LogP contribution < -0.4 is 0 Å². The lowest BCUT2D eigenvalue weighted by Crippen LogP contribution is -2.32. The molecule has 0 spiro atoms. The Balaban J connectivity index is 1.85. The van der Waals surface area contributed by atoms with Gasteiger partial charge in [0.05, 0.1) is 6.42 Å². The first-order valence-electron chi connectivity index (χ1n) is 5.67. The minimum atomic E-state index is -0.0399. The third-order valence-corrected chi connectivity index (χ3v) is 2.49. The number of ether oxygens (including phenoxy) is 1. The van der Waals surface area contributed by atoms with Crippen molar-refractivity contribution in [3.63, 3.8) is 0 Å². The van der Waals surface area contributed by atoms with Crippen LogP contribution in [0.4, 0.5) is 0 Å². The van der Waals surface area contributed by atoms with Gasteiger partial charge in [-0.25, -0.2) is 0 Å². The third kappa shape index (κ3) is 4.45. The van der Waals surface area contributed by atoms with E-state index in [1.54, 1.807) is 0 Å². The van der Waals surface area contributed by atoms with Crippen LogP contribution in [0.2, 0.25) is 0 Å². The molecular formula is C12H20O2. The first kappa shape index (κ1) is 11.3. The van der Waals surface area contributed by atoms with Crippen LogP contribution in [0.25, 0.3) is 0 Å². The molecular weight excluding hydrogens is 176 g/mol. The Morgan fingerprint density at radius 1 is 1.36 bits per heavy atom. The average molecular weight is 196 g/mol. The molecule has 1 aliphatic heterocycles. The predicted octanol–water partition coefficient (Wildman–Crippen LogP) is 3.22. The fourth-order valence-corrected chi connectivity index (χ4v) is 1.55. The molecule has 1 aliphatic rings. The first-order chi connectivity index (χ1) is 6.83. The van der Waals surface area contributed by atoms with Crippen LogP contribution in [0.1, 0.15) is 51.9 Å². The number of unbranched alkanes of at least 4 members (excludes halogenated alkanes) is 3. The van der Waals surface area contributed by atoms with E-state index in [1.807, 2.05) is 0 Å². The highest BCUT2D eigenvalue weighted by Crippen LogP contribution is 2.18. The molecule has 1 saturated heterocycles. The van der Waals surface area contributed by atoms with Crippen molar-refractivity contribution in [2.24, 2.45) is 0 Å². The Labute approximate surface area is 86.3 Å². The normalized spacial score (nSPS) is 20.9. The van der Waals surface area contributed by atoms with E-state index < -0.39 is 0 Å². The summed E-state index contributed by atoms with van der Waals surface area (Å²) in [6, 6.07) is 0. The topological polar surface area (TPSA) is 26.3 Å². The molecule has 2 nitrogen and oxygen atoms in total. The zero-order valence-electron chi connectivity index (χ0n) is 9.00. The largest absolute Gasteiger partial charge is 0.462 e. The SMILES string of the molecule is CCCCC/C=C/CCC1CC(=O)O1. The molecule has 1 unspecified atom stereocenters. The fraction of sp³-hybridized carbons (Fsp3) is 0.750. The zero-order chi connectivity index (χ0) is 10.2. The molecule has 1 heterocycles. The summed E-state index contributed by atoms with van der Waals surface area (Å²) in [6.07, 6.45) is 12.4. The second-order valence-electron chi connectivity index (χ2n) is 3.86. The van der Waals surface area contributed by atoms with Gasteiger partial charge in [0.1, 0.15) is 6.10 Å². The molecule has 0 N–H and O–H groups in total. The summed E-state index contributed by atoms with van der Waals surface area (Å²) < 4.78 is 4.91. The van der Waals surface area contributed by atoms with E-state index in [-0.39, 0.29) is 12.1 Å². The van der Waals surface area contributed by atoms with Crippen molar-refractivity contribution in [1.29, 1.82) is 0 Å². The first-order valence-corrected chi connectivity index (χ1v) is 5.67. The van der Waals surface area contributed by atoms with E-state index in [2.05, 4.69) is 19.1 Å². The van der Waals surface area contributed by atoms with Crippen molar-refractivity contribution in [3.05, 3.63) is 12.2 Å². The lowest BCUT2D eigenvalue weighted by Gasteiger charge is -2.24. The number of rotatable bonds is 7. The fourth-order valence-electron chi connectivity index (χ4n) is 1.55. The van der Waals surface area contributed by atoms with Gasteiger partial charge in [-0.05, 0) is 25.7 Å². The Kier molecular flexibility index (Phi) is 5.35. The van der Waals surface area contributed by atoms with E-state index in [1.165, 1.54) is 25.7 Å². The minimum absolute atomic E-state index is 0.0399. The van der Waals surface area contributed by atoms with Gasteiger partial charge in [0, 0.05) is 0 Å². The molecule has 0 aromatic rings. The van der Waals surface area contributed by atoms with Crippen molar-refractivity contribution in [2.45, 2.75) is 58.0 Å². The van der Waals surface area contributed by atoms with Crippen LogP contribution in [0.15, 0.2) is 12.2 Å². The van der Waals surface area contributed by atoms with E-state index >= 15 is 0 Å². The van der Waals surface area contributed by atoms with Gasteiger partial charge in [-0.3, -0.25) is 4.79 Å². The van der Waals surface area contributed by atoms with Gasteiger partial charge in [0.25, 0.3) is 0 Å². The molecule has 80 valence electrons. The highest BCUT2D eigenvalue weighted by Gasteiger charge is 2.26. The number of allylic oxidation sites excluding steroid dienone is 2. The van der Waals surface area contributed by atoms with Gasteiger partial charge in [-0.2, -0.15) is 0 Å². The van der Waals surface area contributed by atoms with E-state index in [0.717, 1.165) is 12.8 Å². The molecule has 0 aromatic heterocycles. The number of hydrogen-bond acceptors (Lipinski definition) is 2. The maximum Gasteiger partial charge on any atom is 0.309 e. The van der Waals surface area contributed by atoms with Gasteiger partial charge < -0.3 is 4.74 Å². The molecule has 0 saturated carbocycles. The summed E-state index contributed by atoms with van der Waals surface area (Å²) in [5.41, 5.74) is 0. The molecule has 0 aliphatic carbocycles.